The Morgan fingerprint density at radius 2 is 1.17 bits per heavy atom. The van der Waals surface area contributed by atoms with E-state index in [-0.39, 0.29) is 17.9 Å². The lowest BCUT2D eigenvalue weighted by atomic mass is 9.95. The molecule has 2 rings (SSSR count). The number of hydrogen-bond acceptors (Lipinski definition) is 3. The van der Waals surface area contributed by atoms with Crippen molar-refractivity contribution in [2.24, 2.45) is 5.73 Å². The molecule has 0 aromatic heterocycles. The minimum Gasteiger partial charge on any atom is -0.444 e. The van der Waals surface area contributed by atoms with Crippen LogP contribution in [0, 0.1) is 0 Å². The number of halogens is 3. The van der Waals surface area contributed by atoms with Crippen molar-refractivity contribution in [1.29, 1.82) is 0 Å². The molecule has 2 aromatic rings. The quantitative estimate of drug-likeness (QED) is 0.412. The van der Waals surface area contributed by atoms with Crippen LogP contribution in [-0.4, -0.2) is 11.7 Å². The molecule has 0 aliphatic carbocycles. The van der Waals surface area contributed by atoms with Crippen LogP contribution in [0.2, 0.25) is 0 Å². The van der Waals surface area contributed by atoms with Gasteiger partial charge in [-0.25, -0.2) is 4.79 Å². The van der Waals surface area contributed by atoms with Crippen molar-refractivity contribution in [1.82, 2.24) is 5.32 Å². The molecule has 0 saturated carbocycles. The summed E-state index contributed by atoms with van der Waals surface area (Å²) in [6.45, 7) is 13.4. The van der Waals surface area contributed by atoms with Gasteiger partial charge in [-0.05, 0) is 83.9 Å². The van der Waals surface area contributed by atoms with Crippen LogP contribution >= 0.6 is 44.3 Å². The molecule has 2 aromatic carbocycles. The Morgan fingerprint density at radius 3 is 1.50 bits per heavy atom. The van der Waals surface area contributed by atoms with E-state index in [9.17, 15) is 4.79 Å². The molecule has 0 radical (unpaired) electrons. The van der Waals surface area contributed by atoms with Crippen LogP contribution in [0.25, 0.3) is 0 Å². The van der Waals surface area contributed by atoms with Crippen LogP contribution < -0.4 is 11.1 Å². The molecule has 0 spiro atoms. The van der Waals surface area contributed by atoms with E-state index >= 15 is 0 Å². The summed E-state index contributed by atoms with van der Waals surface area (Å²) < 4.78 is 7.36. The molecule has 4 nitrogen and oxygen atoms in total. The standard InChI is InChI=1S/C14H20BrNO2.C9H12BrN.ClH/c1-13(2,3)18-12(17)16-14(4,5)10-6-8-11(15)9-7-10;1-9(2,11)7-3-5-8(10)6-4-7;/h6-9H,1-5H3,(H,16,17);3-6H,11H2,1-2H3;1H. The van der Waals surface area contributed by atoms with Gasteiger partial charge in [-0.1, -0.05) is 56.1 Å². The zero-order valence-electron chi connectivity index (χ0n) is 18.7. The van der Waals surface area contributed by atoms with Crippen molar-refractivity contribution in [3.63, 3.8) is 0 Å². The maximum Gasteiger partial charge on any atom is 0.408 e. The van der Waals surface area contributed by atoms with Crippen molar-refractivity contribution >= 4 is 50.4 Å². The largest absolute Gasteiger partial charge is 0.444 e. The first-order valence-corrected chi connectivity index (χ1v) is 11.0. The smallest absolute Gasteiger partial charge is 0.408 e. The van der Waals surface area contributed by atoms with E-state index in [0.29, 0.717) is 0 Å². The number of hydrogen-bond donors (Lipinski definition) is 2. The fourth-order valence-electron chi connectivity index (χ4n) is 2.38. The van der Waals surface area contributed by atoms with Gasteiger partial charge in [0.25, 0.3) is 0 Å². The van der Waals surface area contributed by atoms with Crippen LogP contribution in [0.15, 0.2) is 57.5 Å². The third-order valence-electron chi connectivity index (χ3n) is 3.97. The van der Waals surface area contributed by atoms with Crippen molar-refractivity contribution in [2.75, 3.05) is 0 Å². The van der Waals surface area contributed by atoms with Crippen LogP contribution in [0.5, 0.6) is 0 Å². The second-order valence-electron chi connectivity index (χ2n) is 8.99. The summed E-state index contributed by atoms with van der Waals surface area (Å²) in [5.41, 5.74) is 6.88. The topological polar surface area (TPSA) is 64.3 Å². The maximum absolute atomic E-state index is 11.8. The van der Waals surface area contributed by atoms with Crippen molar-refractivity contribution in [2.45, 2.75) is 65.1 Å². The summed E-state index contributed by atoms with van der Waals surface area (Å²) in [5, 5.41) is 2.87. The van der Waals surface area contributed by atoms with E-state index in [2.05, 4.69) is 37.2 Å². The third-order valence-corrected chi connectivity index (χ3v) is 5.02. The minimum absolute atomic E-state index is 0. The molecule has 0 fully saturated rings. The number of benzene rings is 2. The molecule has 0 heterocycles. The molecule has 0 saturated heterocycles. The van der Waals surface area contributed by atoms with E-state index in [0.717, 1.165) is 20.1 Å². The van der Waals surface area contributed by atoms with Gasteiger partial charge in [-0.15, -0.1) is 12.4 Å². The van der Waals surface area contributed by atoms with Gasteiger partial charge < -0.3 is 15.8 Å². The Kier molecular flexibility index (Phi) is 11.1. The number of nitrogens with two attached hydrogens (primary N) is 1. The van der Waals surface area contributed by atoms with Crippen molar-refractivity contribution < 1.29 is 9.53 Å². The zero-order chi connectivity index (χ0) is 22.5. The van der Waals surface area contributed by atoms with E-state index in [1.807, 2.05) is 97.0 Å². The Morgan fingerprint density at radius 1 is 0.800 bits per heavy atom. The first-order valence-electron chi connectivity index (χ1n) is 9.42. The molecular formula is C23H33Br2ClN2O2. The fraction of sp³-hybridized carbons (Fsp3) is 0.435. The highest BCUT2D eigenvalue weighted by atomic mass is 79.9. The Labute approximate surface area is 204 Å². The second kappa shape index (κ2) is 11.5. The summed E-state index contributed by atoms with van der Waals surface area (Å²) >= 11 is 6.76. The number of ether oxygens (including phenoxy) is 1. The lowest BCUT2D eigenvalue weighted by Crippen LogP contribution is -2.43. The molecule has 1 amide bonds. The van der Waals surface area contributed by atoms with Crippen LogP contribution in [0.3, 0.4) is 0 Å². The fourth-order valence-corrected chi connectivity index (χ4v) is 2.91. The number of nitrogens with one attached hydrogen (secondary N) is 1. The Balaban J connectivity index is 0.000000603. The van der Waals surface area contributed by atoms with Crippen LogP contribution in [-0.2, 0) is 15.8 Å². The lowest BCUT2D eigenvalue weighted by molar-refractivity contribution is 0.0470. The number of rotatable bonds is 3. The first-order chi connectivity index (χ1) is 13.1. The number of amides is 1. The van der Waals surface area contributed by atoms with Gasteiger partial charge >= 0.3 is 6.09 Å². The van der Waals surface area contributed by atoms with Crippen molar-refractivity contribution in [3.05, 3.63) is 68.6 Å². The van der Waals surface area contributed by atoms with E-state index < -0.39 is 17.2 Å². The highest BCUT2D eigenvalue weighted by Gasteiger charge is 2.26. The summed E-state index contributed by atoms with van der Waals surface area (Å²) in [6, 6.07) is 15.9. The van der Waals surface area contributed by atoms with Gasteiger partial charge in [0.05, 0.1) is 5.54 Å². The summed E-state index contributed by atoms with van der Waals surface area (Å²) in [5.74, 6) is 0. The second-order valence-corrected chi connectivity index (χ2v) is 10.8. The molecule has 0 atom stereocenters. The molecule has 0 aliphatic rings. The van der Waals surface area contributed by atoms with Gasteiger partial charge in [0.2, 0.25) is 0 Å². The Hall–Kier alpha value is -1.08. The number of carbonyl (C=O) groups excluding carboxylic acids is 1. The van der Waals surface area contributed by atoms with Gasteiger partial charge in [0.15, 0.2) is 0 Å². The molecule has 7 heteroatoms. The first kappa shape index (κ1) is 28.9. The lowest BCUT2D eigenvalue weighted by Gasteiger charge is -2.29. The SMILES string of the molecule is CC(C)(C)OC(=O)NC(C)(C)c1ccc(Br)cc1.CC(C)(N)c1ccc(Br)cc1.Cl. The highest BCUT2D eigenvalue weighted by molar-refractivity contribution is 9.10. The van der Waals surface area contributed by atoms with E-state index in [1.54, 1.807) is 0 Å². The van der Waals surface area contributed by atoms with Crippen molar-refractivity contribution in [3.8, 4) is 0 Å². The van der Waals surface area contributed by atoms with Crippen LogP contribution in [0.1, 0.15) is 59.6 Å². The summed E-state index contributed by atoms with van der Waals surface area (Å²) in [7, 11) is 0. The number of carbonyl (C=O) groups is 1. The van der Waals surface area contributed by atoms with Gasteiger partial charge in [-0.3, -0.25) is 0 Å². The van der Waals surface area contributed by atoms with Gasteiger partial charge in [0.1, 0.15) is 5.60 Å². The van der Waals surface area contributed by atoms with E-state index in [1.165, 1.54) is 0 Å². The normalized spacial score (nSPS) is 11.5. The molecule has 0 aliphatic heterocycles. The monoisotopic (exact) mass is 562 g/mol. The average Bonchev–Trinajstić information content (AvgIpc) is 2.53. The zero-order valence-corrected chi connectivity index (χ0v) is 22.7. The van der Waals surface area contributed by atoms with Gasteiger partial charge in [0, 0.05) is 14.5 Å². The van der Waals surface area contributed by atoms with Gasteiger partial charge in [-0.2, -0.15) is 0 Å². The maximum atomic E-state index is 11.8. The summed E-state index contributed by atoms with van der Waals surface area (Å²) in [4.78, 5) is 11.8. The molecule has 168 valence electrons. The van der Waals surface area contributed by atoms with E-state index in [4.69, 9.17) is 10.5 Å². The molecule has 0 bridgehead atoms. The summed E-state index contributed by atoms with van der Waals surface area (Å²) in [6.07, 6.45) is -0.407. The average molecular weight is 565 g/mol. The number of alkyl carbamates (subject to hydrolysis) is 1. The predicted octanol–water partition coefficient (Wildman–Crippen LogP) is 7.27. The predicted molar refractivity (Wildman–Crippen MR) is 135 cm³/mol. The third kappa shape index (κ3) is 10.8. The molecule has 3 N–H and O–H groups in total. The minimum atomic E-state index is -0.486. The Bertz CT molecular complexity index is 794. The molecular weight excluding hydrogens is 532 g/mol. The highest BCUT2D eigenvalue weighted by Crippen LogP contribution is 2.23. The molecule has 30 heavy (non-hydrogen) atoms. The van der Waals surface area contributed by atoms with Crippen LogP contribution in [0.4, 0.5) is 4.79 Å². The molecule has 0 unspecified atom stereocenters.